The second-order valence-electron chi connectivity index (χ2n) is 5.10. The number of rotatable bonds is 5. The smallest absolute Gasteiger partial charge is 0.295 e. The Labute approximate surface area is 111 Å². The van der Waals surface area contributed by atoms with E-state index < -0.39 is 10.7 Å². The van der Waals surface area contributed by atoms with Crippen LogP contribution in [0.4, 0.5) is 15.8 Å². The van der Waals surface area contributed by atoms with Crippen molar-refractivity contribution in [1.82, 2.24) is 0 Å². The third kappa shape index (κ3) is 2.68. The van der Waals surface area contributed by atoms with Gasteiger partial charge in [0.15, 0.2) is 0 Å². The van der Waals surface area contributed by atoms with Crippen LogP contribution in [0.5, 0.6) is 0 Å². The van der Waals surface area contributed by atoms with E-state index >= 15 is 0 Å². The summed E-state index contributed by atoms with van der Waals surface area (Å²) >= 11 is 0. The SMILES string of the molecule is Cc1cc(N(C)C(CN)C2CC2)c([N+](=O)[O-])cc1F. The molecule has 1 saturated carbocycles. The zero-order chi connectivity index (χ0) is 14.2. The summed E-state index contributed by atoms with van der Waals surface area (Å²) in [5.74, 6) is -0.0699. The van der Waals surface area contributed by atoms with E-state index in [4.69, 9.17) is 5.73 Å². The van der Waals surface area contributed by atoms with Gasteiger partial charge in [0.05, 0.1) is 11.0 Å². The molecule has 1 aliphatic rings. The van der Waals surface area contributed by atoms with Gasteiger partial charge in [-0.2, -0.15) is 0 Å². The molecule has 1 aliphatic carbocycles. The molecule has 0 aromatic heterocycles. The zero-order valence-electron chi connectivity index (χ0n) is 11.1. The number of anilines is 1. The van der Waals surface area contributed by atoms with E-state index in [1.807, 2.05) is 4.90 Å². The molecule has 0 heterocycles. The molecule has 1 aromatic rings. The molecule has 5 nitrogen and oxygen atoms in total. The Morgan fingerprint density at radius 2 is 2.21 bits per heavy atom. The monoisotopic (exact) mass is 267 g/mol. The molecule has 0 aliphatic heterocycles. The number of benzene rings is 1. The first kappa shape index (κ1) is 13.7. The maximum atomic E-state index is 13.5. The molecule has 1 aromatic carbocycles. The quantitative estimate of drug-likeness (QED) is 0.655. The molecule has 1 atom stereocenters. The fraction of sp³-hybridized carbons (Fsp3) is 0.538. The van der Waals surface area contributed by atoms with Crippen LogP contribution in [-0.4, -0.2) is 24.6 Å². The van der Waals surface area contributed by atoms with Gasteiger partial charge in [0.25, 0.3) is 5.69 Å². The number of nitrogens with two attached hydrogens (primary N) is 1. The first-order chi connectivity index (χ1) is 8.95. The second kappa shape index (κ2) is 5.13. The van der Waals surface area contributed by atoms with Crippen LogP contribution in [0.2, 0.25) is 0 Å². The fourth-order valence-corrected chi connectivity index (χ4v) is 2.41. The summed E-state index contributed by atoms with van der Waals surface area (Å²) < 4.78 is 13.5. The Morgan fingerprint density at radius 3 is 2.68 bits per heavy atom. The third-order valence-electron chi connectivity index (χ3n) is 3.74. The third-order valence-corrected chi connectivity index (χ3v) is 3.74. The Kier molecular flexibility index (Phi) is 3.71. The molecule has 0 amide bonds. The summed E-state index contributed by atoms with van der Waals surface area (Å²) in [6.07, 6.45) is 2.19. The van der Waals surface area contributed by atoms with E-state index in [0.717, 1.165) is 18.9 Å². The largest absolute Gasteiger partial charge is 0.365 e. The molecule has 0 radical (unpaired) electrons. The molecule has 19 heavy (non-hydrogen) atoms. The molecular formula is C13H18FN3O2. The molecule has 2 rings (SSSR count). The summed E-state index contributed by atoms with van der Waals surface area (Å²) in [5, 5.41) is 11.1. The number of likely N-dealkylation sites (N-methyl/N-ethyl adjacent to an activating group) is 1. The van der Waals surface area contributed by atoms with E-state index in [9.17, 15) is 14.5 Å². The predicted octanol–water partition coefficient (Wildman–Crippen LogP) is 2.22. The first-order valence-corrected chi connectivity index (χ1v) is 6.33. The van der Waals surface area contributed by atoms with Crippen molar-refractivity contribution >= 4 is 11.4 Å². The van der Waals surface area contributed by atoms with Crippen LogP contribution in [0.1, 0.15) is 18.4 Å². The Morgan fingerprint density at radius 1 is 1.58 bits per heavy atom. The predicted molar refractivity (Wildman–Crippen MR) is 71.8 cm³/mol. The summed E-state index contributed by atoms with van der Waals surface area (Å²) in [6, 6.07) is 2.59. The first-order valence-electron chi connectivity index (χ1n) is 6.33. The van der Waals surface area contributed by atoms with Crippen molar-refractivity contribution in [2.45, 2.75) is 25.8 Å². The number of hydrogen-bond acceptors (Lipinski definition) is 4. The van der Waals surface area contributed by atoms with Crippen molar-refractivity contribution < 1.29 is 9.31 Å². The fourth-order valence-electron chi connectivity index (χ4n) is 2.41. The standard InChI is InChI=1S/C13H18FN3O2/c1-8-5-11(12(17(18)19)6-10(8)14)16(2)13(7-15)9-3-4-9/h5-6,9,13H,3-4,7,15H2,1-2H3. The number of nitro benzene ring substituents is 1. The van der Waals surface area contributed by atoms with Gasteiger partial charge in [0.2, 0.25) is 0 Å². The summed E-state index contributed by atoms with van der Waals surface area (Å²) in [4.78, 5) is 12.3. The minimum Gasteiger partial charge on any atom is -0.365 e. The molecule has 0 saturated heterocycles. The molecule has 104 valence electrons. The highest BCUT2D eigenvalue weighted by molar-refractivity contribution is 5.65. The maximum Gasteiger partial charge on any atom is 0.295 e. The van der Waals surface area contributed by atoms with Crippen molar-refractivity contribution in [3.8, 4) is 0 Å². The van der Waals surface area contributed by atoms with Gasteiger partial charge in [-0.05, 0) is 37.3 Å². The topological polar surface area (TPSA) is 72.4 Å². The molecular weight excluding hydrogens is 249 g/mol. The van der Waals surface area contributed by atoms with Gasteiger partial charge >= 0.3 is 0 Å². The molecule has 1 fully saturated rings. The minimum atomic E-state index is -0.556. The van der Waals surface area contributed by atoms with Gasteiger partial charge in [0, 0.05) is 19.6 Å². The van der Waals surface area contributed by atoms with Crippen LogP contribution in [0.3, 0.4) is 0 Å². The van der Waals surface area contributed by atoms with Gasteiger partial charge in [-0.3, -0.25) is 10.1 Å². The van der Waals surface area contributed by atoms with Gasteiger partial charge in [-0.25, -0.2) is 4.39 Å². The summed E-state index contributed by atoms with van der Waals surface area (Å²) in [5.41, 5.74) is 6.39. The number of aryl methyl sites for hydroxylation is 1. The van der Waals surface area contributed by atoms with E-state index in [1.54, 1.807) is 14.0 Å². The lowest BCUT2D eigenvalue weighted by molar-refractivity contribution is -0.384. The lowest BCUT2D eigenvalue weighted by Crippen LogP contribution is -2.40. The van der Waals surface area contributed by atoms with Gasteiger partial charge in [-0.15, -0.1) is 0 Å². The number of nitro groups is 1. The van der Waals surface area contributed by atoms with E-state index in [0.29, 0.717) is 23.7 Å². The second-order valence-corrected chi connectivity index (χ2v) is 5.10. The molecule has 6 heteroatoms. The number of halogens is 1. The van der Waals surface area contributed by atoms with E-state index in [-0.39, 0.29) is 11.7 Å². The maximum absolute atomic E-state index is 13.5. The van der Waals surface area contributed by atoms with E-state index in [1.165, 1.54) is 6.07 Å². The lowest BCUT2D eigenvalue weighted by atomic mass is 10.1. The molecule has 1 unspecified atom stereocenters. The van der Waals surface area contributed by atoms with Crippen LogP contribution in [-0.2, 0) is 0 Å². The average molecular weight is 267 g/mol. The summed E-state index contributed by atoms with van der Waals surface area (Å²) in [6.45, 7) is 2.04. The summed E-state index contributed by atoms with van der Waals surface area (Å²) in [7, 11) is 1.79. The van der Waals surface area contributed by atoms with Crippen molar-refractivity contribution in [2.75, 3.05) is 18.5 Å². The lowest BCUT2D eigenvalue weighted by Gasteiger charge is -2.29. The normalized spacial score (nSPS) is 16.2. The zero-order valence-corrected chi connectivity index (χ0v) is 11.1. The van der Waals surface area contributed by atoms with Crippen molar-refractivity contribution in [2.24, 2.45) is 11.7 Å². The van der Waals surface area contributed by atoms with Gasteiger partial charge in [-0.1, -0.05) is 0 Å². The Balaban J connectivity index is 2.41. The molecule has 0 bridgehead atoms. The minimum absolute atomic E-state index is 0.0727. The van der Waals surface area contributed by atoms with Crippen LogP contribution >= 0.6 is 0 Å². The van der Waals surface area contributed by atoms with E-state index in [2.05, 4.69) is 0 Å². The van der Waals surface area contributed by atoms with Crippen LogP contribution in [0.15, 0.2) is 12.1 Å². The highest BCUT2D eigenvalue weighted by Gasteiger charge is 2.35. The van der Waals surface area contributed by atoms with Gasteiger partial charge < -0.3 is 10.6 Å². The number of nitrogens with zero attached hydrogens (tertiary/aromatic N) is 2. The Bertz CT molecular complexity index is 503. The molecule has 0 spiro atoms. The van der Waals surface area contributed by atoms with Crippen molar-refractivity contribution in [1.29, 1.82) is 0 Å². The Hall–Kier alpha value is -1.69. The highest BCUT2D eigenvalue weighted by atomic mass is 19.1. The van der Waals surface area contributed by atoms with Crippen LogP contribution in [0.25, 0.3) is 0 Å². The van der Waals surface area contributed by atoms with Crippen molar-refractivity contribution in [3.05, 3.63) is 33.6 Å². The van der Waals surface area contributed by atoms with Crippen LogP contribution < -0.4 is 10.6 Å². The number of hydrogen-bond donors (Lipinski definition) is 1. The highest BCUT2D eigenvalue weighted by Crippen LogP contribution is 2.39. The van der Waals surface area contributed by atoms with Gasteiger partial charge in [0.1, 0.15) is 11.5 Å². The average Bonchev–Trinajstić information content (AvgIpc) is 3.17. The van der Waals surface area contributed by atoms with Crippen molar-refractivity contribution in [3.63, 3.8) is 0 Å². The molecule has 2 N–H and O–H groups in total. The van der Waals surface area contributed by atoms with Crippen LogP contribution in [0, 0.1) is 28.8 Å².